The van der Waals surface area contributed by atoms with E-state index in [1.165, 1.54) is 7.11 Å². The van der Waals surface area contributed by atoms with Crippen LogP contribution >= 0.6 is 11.3 Å². The lowest BCUT2D eigenvalue weighted by Crippen LogP contribution is -2.29. The summed E-state index contributed by atoms with van der Waals surface area (Å²) in [6, 6.07) is 0.259. The first-order valence-electron chi connectivity index (χ1n) is 4.13. The Balaban J connectivity index is 2.56. The molecule has 1 heterocycles. The molecule has 2 amide bonds. The van der Waals surface area contributed by atoms with Crippen molar-refractivity contribution in [1.82, 2.24) is 5.32 Å². The van der Waals surface area contributed by atoms with Crippen molar-refractivity contribution < 1.29 is 22.7 Å². The molecule has 0 aromatic carbocycles. The van der Waals surface area contributed by atoms with Gasteiger partial charge in [-0.05, 0) is 6.07 Å². The monoisotopic (exact) mass is 254 g/mol. The number of ether oxygens (including phenoxy) is 1. The van der Waals surface area contributed by atoms with Gasteiger partial charge >= 0.3 is 12.2 Å². The molecule has 0 atom stereocenters. The van der Waals surface area contributed by atoms with Gasteiger partial charge in [-0.2, -0.15) is 13.2 Å². The van der Waals surface area contributed by atoms with E-state index in [-0.39, 0.29) is 11.7 Å². The van der Waals surface area contributed by atoms with Crippen LogP contribution in [0.1, 0.15) is 5.56 Å². The Morgan fingerprint density at radius 2 is 2.25 bits per heavy atom. The lowest BCUT2D eigenvalue weighted by molar-refractivity contribution is -0.137. The molecule has 0 bridgehead atoms. The summed E-state index contributed by atoms with van der Waals surface area (Å²) in [5.41, 5.74) is -0.778. The van der Waals surface area contributed by atoms with E-state index in [4.69, 9.17) is 0 Å². The molecule has 2 N–H and O–H groups in total. The summed E-state index contributed by atoms with van der Waals surface area (Å²) in [4.78, 5) is 11.1. The zero-order chi connectivity index (χ0) is 12.2. The topological polar surface area (TPSA) is 50.4 Å². The van der Waals surface area contributed by atoms with Crippen molar-refractivity contribution in [2.24, 2.45) is 0 Å². The number of alkyl halides is 3. The minimum absolute atomic E-state index is 0.0106. The highest BCUT2D eigenvalue weighted by Crippen LogP contribution is 2.34. The number of anilines is 1. The highest BCUT2D eigenvalue weighted by Gasteiger charge is 2.31. The third-order valence-electron chi connectivity index (χ3n) is 1.54. The Bertz CT molecular complexity index is 364. The molecule has 8 heteroatoms. The molecule has 0 unspecified atom stereocenters. The molecule has 0 radical (unpaired) electrons. The van der Waals surface area contributed by atoms with Gasteiger partial charge in [0.15, 0.2) is 0 Å². The molecular weight excluding hydrogens is 245 g/mol. The maximum Gasteiger partial charge on any atom is 0.417 e. The van der Waals surface area contributed by atoms with Crippen molar-refractivity contribution >= 4 is 22.4 Å². The summed E-state index contributed by atoms with van der Waals surface area (Å²) in [6.45, 7) is -0.0106. The maximum atomic E-state index is 12.2. The first kappa shape index (κ1) is 12.8. The van der Waals surface area contributed by atoms with Crippen molar-refractivity contribution in [3.63, 3.8) is 0 Å². The number of halogens is 3. The molecule has 4 nitrogen and oxygen atoms in total. The first-order valence-corrected chi connectivity index (χ1v) is 5.01. The van der Waals surface area contributed by atoms with Crippen LogP contribution in [0.5, 0.6) is 0 Å². The lowest BCUT2D eigenvalue weighted by Gasteiger charge is -2.04. The quantitative estimate of drug-likeness (QED) is 0.814. The number of carbonyl (C=O) groups excluding carboxylic acids is 1. The number of thiophene rings is 1. The summed E-state index contributed by atoms with van der Waals surface area (Å²) in [7, 11) is 1.38. The summed E-state index contributed by atoms with van der Waals surface area (Å²) >= 11 is 0.805. The largest absolute Gasteiger partial charge is 0.417 e. The Kier molecular flexibility index (Phi) is 4.13. The summed E-state index contributed by atoms with van der Waals surface area (Å²) in [6.07, 6.45) is -4.39. The predicted molar refractivity (Wildman–Crippen MR) is 53.4 cm³/mol. The normalized spacial score (nSPS) is 11.2. The molecule has 0 aliphatic rings. The lowest BCUT2D eigenvalue weighted by atomic mass is 10.3. The molecule has 0 aliphatic heterocycles. The van der Waals surface area contributed by atoms with Crippen molar-refractivity contribution in [2.75, 3.05) is 19.2 Å². The Morgan fingerprint density at radius 1 is 1.56 bits per heavy atom. The van der Waals surface area contributed by atoms with Crippen LogP contribution in [0.3, 0.4) is 0 Å². The van der Waals surface area contributed by atoms with E-state index in [0.717, 1.165) is 22.8 Å². The second kappa shape index (κ2) is 5.17. The van der Waals surface area contributed by atoms with Gasteiger partial charge in [0, 0.05) is 12.5 Å². The zero-order valence-electron chi connectivity index (χ0n) is 8.22. The van der Waals surface area contributed by atoms with Gasteiger partial charge in [-0.1, -0.05) is 0 Å². The van der Waals surface area contributed by atoms with E-state index in [1.807, 2.05) is 0 Å². The van der Waals surface area contributed by atoms with E-state index < -0.39 is 17.8 Å². The van der Waals surface area contributed by atoms with Crippen LogP contribution in [0.2, 0.25) is 0 Å². The van der Waals surface area contributed by atoms with Crippen LogP contribution in [0.15, 0.2) is 11.4 Å². The molecule has 16 heavy (non-hydrogen) atoms. The molecule has 90 valence electrons. The summed E-state index contributed by atoms with van der Waals surface area (Å²) in [5.74, 6) is 0. The fraction of sp³-hybridized carbons (Fsp3) is 0.375. The zero-order valence-corrected chi connectivity index (χ0v) is 9.04. The molecule has 0 fully saturated rings. The molecule has 0 aliphatic carbocycles. The molecule has 0 saturated heterocycles. The Morgan fingerprint density at radius 3 is 2.75 bits per heavy atom. The number of nitrogens with one attached hydrogen (secondary N) is 2. The standard InChI is InChI=1S/C8H9F3N2O2S/c1-15-4-12-7(14)13-6-2-5(3-16-6)8(9,10)11/h2-3H,4H2,1H3,(H2,12,13,14). The second-order valence-electron chi connectivity index (χ2n) is 2.76. The third-order valence-corrected chi connectivity index (χ3v) is 2.39. The van der Waals surface area contributed by atoms with Gasteiger partial charge < -0.3 is 10.1 Å². The van der Waals surface area contributed by atoms with Gasteiger partial charge in [0.1, 0.15) is 6.73 Å². The van der Waals surface area contributed by atoms with Crippen molar-refractivity contribution in [2.45, 2.75) is 6.18 Å². The van der Waals surface area contributed by atoms with E-state index in [1.54, 1.807) is 0 Å². The van der Waals surface area contributed by atoms with Crippen molar-refractivity contribution in [1.29, 1.82) is 0 Å². The minimum Gasteiger partial charge on any atom is -0.364 e. The van der Waals surface area contributed by atoms with Crippen LogP contribution in [0.25, 0.3) is 0 Å². The predicted octanol–water partition coefficient (Wildman–Crippen LogP) is 2.49. The van der Waals surface area contributed by atoms with Crippen LogP contribution in [0, 0.1) is 0 Å². The highest BCUT2D eigenvalue weighted by molar-refractivity contribution is 7.14. The van der Waals surface area contributed by atoms with Crippen LogP contribution in [-0.4, -0.2) is 19.9 Å². The third kappa shape index (κ3) is 3.70. The van der Waals surface area contributed by atoms with Crippen molar-refractivity contribution in [3.05, 3.63) is 17.0 Å². The fourth-order valence-electron chi connectivity index (χ4n) is 0.844. The Hall–Kier alpha value is -1.28. The number of urea groups is 1. The van der Waals surface area contributed by atoms with E-state index >= 15 is 0 Å². The highest BCUT2D eigenvalue weighted by atomic mass is 32.1. The van der Waals surface area contributed by atoms with Gasteiger partial charge in [-0.3, -0.25) is 5.32 Å². The van der Waals surface area contributed by atoms with Crippen LogP contribution < -0.4 is 10.6 Å². The van der Waals surface area contributed by atoms with Crippen LogP contribution in [-0.2, 0) is 10.9 Å². The molecule has 1 aromatic heterocycles. The fourth-order valence-corrected chi connectivity index (χ4v) is 1.65. The number of carbonyl (C=O) groups is 1. The minimum atomic E-state index is -4.39. The smallest absolute Gasteiger partial charge is 0.364 e. The molecule has 1 rings (SSSR count). The summed E-state index contributed by atoms with van der Waals surface area (Å²) < 4.78 is 41.2. The number of hydrogen-bond donors (Lipinski definition) is 2. The SMILES string of the molecule is COCNC(=O)Nc1cc(C(F)(F)F)cs1. The van der Waals surface area contributed by atoms with Gasteiger partial charge in [0.2, 0.25) is 0 Å². The van der Waals surface area contributed by atoms with Gasteiger partial charge in [-0.25, -0.2) is 4.79 Å². The van der Waals surface area contributed by atoms with E-state index in [0.29, 0.717) is 0 Å². The number of methoxy groups -OCH3 is 1. The number of rotatable bonds is 3. The van der Waals surface area contributed by atoms with Gasteiger partial charge in [0.05, 0.1) is 10.6 Å². The average Bonchev–Trinajstić information content (AvgIpc) is 2.62. The van der Waals surface area contributed by atoms with Gasteiger partial charge in [-0.15, -0.1) is 11.3 Å². The first-order chi connectivity index (χ1) is 7.43. The molecular formula is C8H9F3N2O2S. The number of hydrogen-bond acceptors (Lipinski definition) is 3. The van der Waals surface area contributed by atoms with E-state index in [9.17, 15) is 18.0 Å². The maximum absolute atomic E-state index is 12.2. The second-order valence-corrected chi connectivity index (χ2v) is 3.67. The van der Waals surface area contributed by atoms with Crippen molar-refractivity contribution in [3.8, 4) is 0 Å². The molecule has 0 saturated carbocycles. The molecule has 0 spiro atoms. The van der Waals surface area contributed by atoms with Gasteiger partial charge in [0.25, 0.3) is 0 Å². The summed E-state index contributed by atoms with van der Waals surface area (Å²) in [5, 5.41) is 5.60. The average molecular weight is 254 g/mol. The molecule has 1 aromatic rings. The van der Waals surface area contributed by atoms with E-state index in [2.05, 4.69) is 15.4 Å². The number of amides is 2. The Labute approximate surface area is 93.4 Å². The van der Waals surface area contributed by atoms with Crippen LogP contribution in [0.4, 0.5) is 23.0 Å².